The van der Waals surface area contributed by atoms with Gasteiger partial charge in [0.1, 0.15) is 11.5 Å². The fraction of sp³-hybridized carbons (Fsp3) is 0.714. The highest BCUT2D eigenvalue weighted by Gasteiger charge is 2.23. The Morgan fingerprint density at radius 2 is 1.78 bits per heavy atom. The molecule has 0 spiro atoms. The number of nitrogens with zero attached hydrogens (tertiary/aromatic N) is 1. The smallest absolute Gasteiger partial charge is 0.309 e. The number of hydrogen-bond acceptors (Lipinski definition) is 4. The summed E-state index contributed by atoms with van der Waals surface area (Å²) in [6.07, 6.45) is 7.59. The van der Waals surface area contributed by atoms with Gasteiger partial charge in [-0.3, -0.25) is 14.5 Å². The molecule has 2 fully saturated rings. The first-order valence-corrected chi connectivity index (χ1v) is 10.4. The molecule has 3 rings (SSSR count). The number of likely N-dealkylation sites (tertiary alicyclic amines) is 1. The lowest BCUT2D eigenvalue weighted by Gasteiger charge is -2.31. The van der Waals surface area contributed by atoms with E-state index in [9.17, 15) is 9.59 Å². The van der Waals surface area contributed by atoms with Crippen molar-refractivity contribution in [2.24, 2.45) is 5.92 Å². The first-order valence-electron chi connectivity index (χ1n) is 10.4. The average molecular weight is 376 g/mol. The molecule has 6 heteroatoms. The van der Waals surface area contributed by atoms with E-state index in [2.05, 4.69) is 21.6 Å². The number of piperidine rings is 1. The summed E-state index contributed by atoms with van der Waals surface area (Å²) in [5.41, 5.74) is 1.26. The summed E-state index contributed by atoms with van der Waals surface area (Å²) < 4.78 is 5.61. The molecule has 27 heavy (non-hydrogen) atoms. The summed E-state index contributed by atoms with van der Waals surface area (Å²) in [7, 11) is 0. The summed E-state index contributed by atoms with van der Waals surface area (Å²) in [4.78, 5) is 26.5. The molecule has 0 bridgehead atoms. The Bertz CT molecular complexity index is 641. The van der Waals surface area contributed by atoms with Gasteiger partial charge in [-0.15, -0.1) is 0 Å². The SMILES string of the molecule is Cc1cc(CN2CCC(CNC(=O)C(=O)NC3CCCCC3)CC2)c(C)o1. The van der Waals surface area contributed by atoms with Gasteiger partial charge in [0.15, 0.2) is 0 Å². The van der Waals surface area contributed by atoms with Crippen molar-refractivity contribution in [2.75, 3.05) is 19.6 Å². The Hall–Kier alpha value is -1.82. The second kappa shape index (κ2) is 9.40. The van der Waals surface area contributed by atoms with Crippen LogP contribution in [0.2, 0.25) is 0 Å². The van der Waals surface area contributed by atoms with Gasteiger partial charge in [0.2, 0.25) is 0 Å². The summed E-state index contributed by atoms with van der Waals surface area (Å²) in [6, 6.07) is 2.29. The van der Waals surface area contributed by atoms with Crippen molar-refractivity contribution in [3.05, 3.63) is 23.2 Å². The second-order valence-electron chi connectivity index (χ2n) is 8.18. The number of carbonyl (C=O) groups excluding carboxylic acids is 2. The minimum Gasteiger partial charge on any atom is -0.466 e. The van der Waals surface area contributed by atoms with E-state index in [0.717, 1.165) is 69.7 Å². The standard InChI is InChI=1S/C21H33N3O3/c1-15-12-18(16(2)27-15)14-24-10-8-17(9-11-24)13-22-20(25)21(26)23-19-6-4-3-5-7-19/h12,17,19H,3-11,13-14H2,1-2H3,(H,22,25)(H,23,26). The molecule has 1 aromatic heterocycles. The average Bonchev–Trinajstić information content (AvgIpc) is 2.98. The monoisotopic (exact) mass is 375 g/mol. The van der Waals surface area contributed by atoms with Crippen molar-refractivity contribution < 1.29 is 14.0 Å². The van der Waals surface area contributed by atoms with Crippen molar-refractivity contribution in [2.45, 2.75) is 71.4 Å². The third kappa shape index (κ3) is 5.83. The van der Waals surface area contributed by atoms with E-state index in [-0.39, 0.29) is 6.04 Å². The number of rotatable bonds is 5. The molecule has 1 aliphatic carbocycles. The maximum Gasteiger partial charge on any atom is 0.309 e. The van der Waals surface area contributed by atoms with Gasteiger partial charge in [0.25, 0.3) is 0 Å². The topological polar surface area (TPSA) is 74.6 Å². The number of furan rings is 1. The van der Waals surface area contributed by atoms with Crippen LogP contribution in [0.1, 0.15) is 62.0 Å². The normalized spacial score (nSPS) is 19.8. The first kappa shape index (κ1) is 19.9. The fourth-order valence-electron chi connectivity index (χ4n) is 4.25. The molecule has 1 aliphatic heterocycles. The molecule has 2 heterocycles. The maximum absolute atomic E-state index is 12.1. The van der Waals surface area contributed by atoms with Crippen LogP contribution in [0.5, 0.6) is 0 Å². The van der Waals surface area contributed by atoms with E-state index in [1.807, 2.05) is 13.8 Å². The molecule has 2 amide bonds. The minimum absolute atomic E-state index is 0.176. The molecular weight excluding hydrogens is 342 g/mol. The van der Waals surface area contributed by atoms with Crippen molar-refractivity contribution >= 4 is 11.8 Å². The number of carbonyl (C=O) groups is 2. The molecule has 0 unspecified atom stereocenters. The first-order chi connectivity index (χ1) is 13.0. The van der Waals surface area contributed by atoms with E-state index in [0.29, 0.717) is 12.5 Å². The van der Waals surface area contributed by atoms with Crippen molar-refractivity contribution in [1.29, 1.82) is 0 Å². The Balaban J connectivity index is 1.34. The molecule has 1 saturated heterocycles. The highest BCUT2D eigenvalue weighted by Crippen LogP contribution is 2.21. The summed E-state index contributed by atoms with van der Waals surface area (Å²) >= 11 is 0. The Morgan fingerprint density at radius 3 is 2.41 bits per heavy atom. The molecule has 1 saturated carbocycles. The van der Waals surface area contributed by atoms with Crippen LogP contribution in [0.25, 0.3) is 0 Å². The van der Waals surface area contributed by atoms with Gasteiger partial charge < -0.3 is 15.1 Å². The Morgan fingerprint density at radius 1 is 1.07 bits per heavy atom. The lowest BCUT2D eigenvalue weighted by molar-refractivity contribution is -0.139. The highest BCUT2D eigenvalue weighted by molar-refractivity contribution is 6.35. The molecular formula is C21H33N3O3. The maximum atomic E-state index is 12.1. The molecule has 0 radical (unpaired) electrons. The predicted molar refractivity (Wildman–Crippen MR) is 104 cm³/mol. The predicted octanol–water partition coefficient (Wildman–Crippen LogP) is 2.67. The number of nitrogens with one attached hydrogen (secondary N) is 2. The zero-order valence-corrected chi connectivity index (χ0v) is 16.7. The van der Waals surface area contributed by atoms with Crippen molar-refractivity contribution in [1.82, 2.24) is 15.5 Å². The fourth-order valence-corrected chi connectivity index (χ4v) is 4.25. The summed E-state index contributed by atoms with van der Waals surface area (Å²) in [6.45, 7) is 7.54. The van der Waals surface area contributed by atoms with Gasteiger partial charge in [0, 0.05) is 24.7 Å². The van der Waals surface area contributed by atoms with E-state index in [1.165, 1.54) is 12.0 Å². The van der Waals surface area contributed by atoms with Crippen LogP contribution in [0.3, 0.4) is 0 Å². The van der Waals surface area contributed by atoms with Gasteiger partial charge in [-0.05, 0) is 64.6 Å². The molecule has 6 nitrogen and oxygen atoms in total. The molecule has 150 valence electrons. The highest BCUT2D eigenvalue weighted by atomic mass is 16.3. The summed E-state index contributed by atoms with van der Waals surface area (Å²) in [5.74, 6) is 1.47. The molecule has 1 aromatic rings. The number of aryl methyl sites for hydroxylation is 2. The van der Waals surface area contributed by atoms with Gasteiger partial charge in [-0.25, -0.2) is 0 Å². The van der Waals surface area contributed by atoms with E-state index in [1.54, 1.807) is 0 Å². The zero-order valence-electron chi connectivity index (χ0n) is 16.7. The van der Waals surface area contributed by atoms with Crippen LogP contribution in [0.4, 0.5) is 0 Å². The van der Waals surface area contributed by atoms with Gasteiger partial charge >= 0.3 is 11.8 Å². The number of amides is 2. The molecule has 0 aromatic carbocycles. The Labute approximate surface area is 162 Å². The minimum atomic E-state index is -0.479. The lowest BCUT2D eigenvalue weighted by Crippen LogP contribution is -2.47. The zero-order chi connectivity index (χ0) is 19.2. The number of hydrogen-bond donors (Lipinski definition) is 2. The third-order valence-electron chi connectivity index (χ3n) is 5.94. The van der Waals surface area contributed by atoms with Crippen LogP contribution >= 0.6 is 0 Å². The van der Waals surface area contributed by atoms with Crippen LogP contribution in [0, 0.1) is 19.8 Å². The van der Waals surface area contributed by atoms with Crippen LogP contribution in [0.15, 0.2) is 10.5 Å². The quantitative estimate of drug-likeness (QED) is 0.776. The van der Waals surface area contributed by atoms with Gasteiger partial charge in [0.05, 0.1) is 0 Å². The van der Waals surface area contributed by atoms with Crippen LogP contribution < -0.4 is 10.6 Å². The largest absolute Gasteiger partial charge is 0.466 e. The molecule has 0 atom stereocenters. The van der Waals surface area contributed by atoms with Crippen LogP contribution in [-0.4, -0.2) is 42.4 Å². The van der Waals surface area contributed by atoms with Crippen molar-refractivity contribution in [3.8, 4) is 0 Å². The van der Waals surface area contributed by atoms with E-state index < -0.39 is 11.8 Å². The lowest BCUT2D eigenvalue weighted by atomic mass is 9.95. The molecule has 2 aliphatic rings. The van der Waals surface area contributed by atoms with Gasteiger partial charge in [-0.1, -0.05) is 19.3 Å². The third-order valence-corrected chi connectivity index (χ3v) is 5.94. The second-order valence-corrected chi connectivity index (χ2v) is 8.18. The van der Waals surface area contributed by atoms with Crippen molar-refractivity contribution in [3.63, 3.8) is 0 Å². The van der Waals surface area contributed by atoms with Gasteiger partial charge in [-0.2, -0.15) is 0 Å². The Kier molecular flexibility index (Phi) is 6.94. The van der Waals surface area contributed by atoms with E-state index in [4.69, 9.17) is 4.42 Å². The molecule has 2 N–H and O–H groups in total. The van der Waals surface area contributed by atoms with E-state index >= 15 is 0 Å². The van der Waals surface area contributed by atoms with Crippen LogP contribution in [-0.2, 0) is 16.1 Å². The summed E-state index contributed by atoms with van der Waals surface area (Å²) in [5, 5.41) is 5.71.